The van der Waals surface area contributed by atoms with Crippen molar-refractivity contribution >= 4 is 21.7 Å². The van der Waals surface area contributed by atoms with Gasteiger partial charge in [-0.25, -0.2) is 0 Å². The molecule has 0 unspecified atom stereocenters. The summed E-state index contributed by atoms with van der Waals surface area (Å²) in [5.74, 6) is 0.0746. The van der Waals surface area contributed by atoms with E-state index in [0.717, 1.165) is 28.4 Å². The Morgan fingerprint density at radius 3 is 1.94 bits per heavy atom. The molecule has 2 heteroatoms. The molecule has 18 heavy (non-hydrogen) atoms. The van der Waals surface area contributed by atoms with Gasteiger partial charge >= 0.3 is 0 Å². The summed E-state index contributed by atoms with van der Waals surface area (Å²) in [6.45, 7) is 2.15. The van der Waals surface area contributed by atoms with Crippen LogP contribution in [0, 0.1) is 0 Å². The van der Waals surface area contributed by atoms with E-state index in [2.05, 4.69) is 22.9 Å². The Balaban J connectivity index is 2.20. The van der Waals surface area contributed by atoms with Gasteiger partial charge in [0.25, 0.3) is 0 Å². The fourth-order valence-corrected chi connectivity index (χ4v) is 2.14. The zero-order chi connectivity index (χ0) is 13.0. The van der Waals surface area contributed by atoms with E-state index in [1.807, 2.05) is 48.5 Å². The third-order valence-electron chi connectivity index (χ3n) is 2.86. The number of benzene rings is 2. The molecule has 0 saturated heterocycles. The molecule has 0 spiro atoms. The minimum Gasteiger partial charge on any atom is -0.289 e. The van der Waals surface area contributed by atoms with Crippen LogP contribution in [-0.2, 0) is 6.42 Å². The maximum Gasteiger partial charge on any atom is 0.193 e. The van der Waals surface area contributed by atoms with Gasteiger partial charge in [0.1, 0.15) is 0 Å². The maximum atomic E-state index is 12.2. The van der Waals surface area contributed by atoms with Gasteiger partial charge in [-0.15, -0.1) is 0 Å². The topological polar surface area (TPSA) is 17.1 Å². The van der Waals surface area contributed by atoms with Crippen LogP contribution < -0.4 is 0 Å². The van der Waals surface area contributed by atoms with E-state index >= 15 is 0 Å². The highest BCUT2D eigenvalue weighted by Gasteiger charge is 2.08. The smallest absolute Gasteiger partial charge is 0.193 e. The number of hydrogen-bond donors (Lipinski definition) is 0. The summed E-state index contributed by atoms with van der Waals surface area (Å²) in [6.07, 6.45) is 2.19. The second-order valence-electron chi connectivity index (χ2n) is 4.28. The minimum absolute atomic E-state index is 0.0746. The van der Waals surface area contributed by atoms with E-state index in [4.69, 9.17) is 0 Å². The SMILES string of the molecule is CCCc1ccc(C(=O)c2ccc(Br)cc2)cc1. The van der Waals surface area contributed by atoms with Gasteiger partial charge in [-0.2, -0.15) is 0 Å². The van der Waals surface area contributed by atoms with E-state index in [-0.39, 0.29) is 5.78 Å². The van der Waals surface area contributed by atoms with Crippen LogP contribution in [0.5, 0.6) is 0 Å². The van der Waals surface area contributed by atoms with Crippen molar-refractivity contribution in [2.45, 2.75) is 19.8 Å². The molecule has 0 aliphatic carbocycles. The molecule has 1 nitrogen and oxygen atoms in total. The monoisotopic (exact) mass is 302 g/mol. The highest BCUT2D eigenvalue weighted by atomic mass is 79.9. The molecule has 2 aromatic rings. The zero-order valence-corrected chi connectivity index (χ0v) is 11.9. The molecule has 0 fully saturated rings. The maximum absolute atomic E-state index is 12.2. The molecule has 92 valence electrons. The van der Waals surface area contributed by atoms with E-state index in [1.54, 1.807) is 0 Å². The molecule has 0 saturated carbocycles. The van der Waals surface area contributed by atoms with E-state index in [9.17, 15) is 4.79 Å². The molecule has 0 radical (unpaired) electrons. The van der Waals surface area contributed by atoms with Gasteiger partial charge in [0.15, 0.2) is 5.78 Å². The van der Waals surface area contributed by atoms with Gasteiger partial charge in [0, 0.05) is 15.6 Å². The number of halogens is 1. The molecule has 0 N–H and O–H groups in total. The molecule has 2 aromatic carbocycles. The van der Waals surface area contributed by atoms with Gasteiger partial charge in [-0.3, -0.25) is 4.79 Å². The first-order valence-electron chi connectivity index (χ1n) is 6.10. The molecular formula is C16H15BrO. The van der Waals surface area contributed by atoms with Crippen molar-refractivity contribution in [3.05, 3.63) is 69.7 Å². The normalized spacial score (nSPS) is 10.3. The Morgan fingerprint density at radius 2 is 1.44 bits per heavy atom. The van der Waals surface area contributed by atoms with Gasteiger partial charge in [-0.1, -0.05) is 53.5 Å². The summed E-state index contributed by atoms with van der Waals surface area (Å²) in [5.41, 5.74) is 2.75. The van der Waals surface area contributed by atoms with E-state index < -0.39 is 0 Å². The lowest BCUT2D eigenvalue weighted by Crippen LogP contribution is -2.01. The van der Waals surface area contributed by atoms with Crippen LogP contribution in [0.3, 0.4) is 0 Å². The molecule has 0 aliphatic rings. The summed E-state index contributed by atoms with van der Waals surface area (Å²) in [4.78, 5) is 12.2. The molecule has 0 atom stereocenters. The van der Waals surface area contributed by atoms with Crippen molar-refractivity contribution in [2.75, 3.05) is 0 Å². The first-order valence-corrected chi connectivity index (χ1v) is 6.89. The highest BCUT2D eigenvalue weighted by molar-refractivity contribution is 9.10. The summed E-state index contributed by atoms with van der Waals surface area (Å²) in [6, 6.07) is 15.4. The third-order valence-corrected chi connectivity index (χ3v) is 3.39. The van der Waals surface area contributed by atoms with Crippen molar-refractivity contribution < 1.29 is 4.79 Å². The fourth-order valence-electron chi connectivity index (χ4n) is 1.88. The third kappa shape index (κ3) is 3.08. The second-order valence-corrected chi connectivity index (χ2v) is 5.20. The van der Waals surface area contributed by atoms with Crippen LogP contribution in [0.4, 0.5) is 0 Å². The average Bonchev–Trinajstić information content (AvgIpc) is 2.40. The number of hydrogen-bond acceptors (Lipinski definition) is 1. The lowest BCUT2D eigenvalue weighted by molar-refractivity contribution is 0.103. The van der Waals surface area contributed by atoms with Gasteiger partial charge in [0.2, 0.25) is 0 Å². The average molecular weight is 303 g/mol. The Hall–Kier alpha value is -1.41. The highest BCUT2D eigenvalue weighted by Crippen LogP contribution is 2.15. The molecule has 0 amide bonds. The lowest BCUT2D eigenvalue weighted by atomic mass is 10.0. The largest absolute Gasteiger partial charge is 0.289 e. The molecule has 2 rings (SSSR count). The summed E-state index contributed by atoms with van der Waals surface area (Å²) in [7, 11) is 0. The van der Waals surface area contributed by atoms with Gasteiger partial charge in [-0.05, 0) is 36.2 Å². The van der Waals surface area contributed by atoms with Crippen molar-refractivity contribution in [1.29, 1.82) is 0 Å². The van der Waals surface area contributed by atoms with Crippen LogP contribution in [0.2, 0.25) is 0 Å². The van der Waals surface area contributed by atoms with Crippen molar-refractivity contribution in [3.8, 4) is 0 Å². The Labute approximate surface area is 116 Å². The molecule has 0 bridgehead atoms. The second kappa shape index (κ2) is 5.96. The first-order chi connectivity index (χ1) is 8.70. The predicted octanol–water partition coefficient (Wildman–Crippen LogP) is 4.63. The lowest BCUT2D eigenvalue weighted by Gasteiger charge is -2.03. The molecule has 0 heterocycles. The van der Waals surface area contributed by atoms with E-state index in [0.29, 0.717) is 0 Å². The van der Waals surface area contributed by atoms with Crippen LogP contribution in [0.1, 0.15) is 34.8 Å². The molecule has 0 aromatic heterocycles. The van der Waals surface area contributed by atoms with Crippen molar-refractivity contribution in [1.82, 2.24) is 0 Å². The predicted molar refractivity (Wildman–Crippen MR) is 78.0 cm³/mol. The van der Waals surface area contributed by atoms with Crippen molar-refractivity contribution in [3.63, 3.8) is 0 Å². The number of carbonyl (C=O) groups excluding carboxylic acids is 1. The Bertz CT molecular complexity index is 526. The number of ketones is 1. The summed E-state index contributed by atoms with van der Waals surface area (Å²) < 4.78 is 0.984. The van der Waals surface area contributed by atoms with Gasteiger partial charge < -0.3 is 0 Å². The fraction of sp³-hybridized carbons (Fsp3) is 0.188. The van der Waals surface area contributed by atoms with E-state index in [1.165, 1.54) is 5.56 Å². The zero-order valence-electron chi connectivity index (χ0n) is 10.3. The Kier molecular flexibility index (Phi) is 4.32. The van der Waals surface area contributed by atoms with Crippen molar-refractivity contribution in [2.24, 2.45) is 0 Å². The summed E-state index contributed by atoms with van der Waals surface area (Å²) >= 11 is 3.37. The standard InChI is InChI=1S/C16H15BrO/c1-2-3-12-4-6-13(7-5-12)16(18)14-8-10-15(17)11-9-14/h4-11H,2-3H2,1H3. The van der Waals surface area contributed by atoms with Crippen LogP contribution in [0.15, 0.2) is 53.0 Å². The molecule has 0 aliphatic heterocycles. The van der Waals surface area contributed by atoms with Gasteiger partial charge in [0.05, 0.1) is 0 Å². The summed E-state index contributed by atoms with van der Waals surface area (Å²) in [5, 5.41) is 0. The van der Waals surface area contributed by atoms with Crippen LogP contribution in [0.25, 0.3) is 0 Å². The van der Waals surface area contributed by atoms with Crippen LogP contribution >= 0.6 is 15.9 Å². The minimum atomic E-state index is 0.0746. The first kappa shape index (κ1) is 13.0. The number of rotatable bonds is 4. The number of carbonyl (C=O) groups is 1. The Morgan fingerprint density at radius 1 is 0.944 bits per heavy atom. The quantitative estimate of drug-likeness (QED) is 0.752. The van der Waals surface area contributed by atoms with Crippen LogP contribution in [-0.4, -0.2) is 5.78 Å². The number of aryl methyl sites for hydroxylation is 1. The molecular weight excluding hydrogens is 288 g/mol.